The number of hydrogen-bond donors (Lipinski definition) is 2. The number of urea groups is 1. The first kappa shape index (κ1) is 19.1. The van der Waals surface area contributed by atoms with Crippen molar-refractivity contribution in [3.05, 3.63) is 35.4 Å². The maximum absolute atomic E-state index is 12.8. The summed E-state index contributed by atoms with van der Waals surface area (Å²) in [7, 11) is 0. The van der Waals surface area contributed by atoms with Crippen LogP contribution >= 0.6 is 0 Å². The Hall–Kier alpha value is -2.25. The zero-order valence-corrected chi connectivity index (χ0v) is 14.2. The maximum atomic E-state index is 12.8. The lowest BCUT2D eigenvalue weighted by molar-refractivity contribution is -0.137. The first-order valence-corrected chi connectivity index (χ1v) is 8.19. The molecule has 8 heteroatoms. The molecule has 138 valence electrons. The van der Waals surface area contributed by atoms with E-state index in [1.165, 1.54) is 12.1 Å². The van der Waals surface area contributed by atoms with Gasteiger partial charge in [-0.05, 0) is 38.0 Å². The molecule has 2 N–H and O–H groups in total. The standard InChI is InChI=1S/C17H22F3N3O2/c1-11(10-23-8-4-7-15(23)24)21-16(25)22-12(2)13-5-3-6-14(9-13)17(18,19)20/h3,5-6,9,11-12H,4,7-8,10H2,1-2H3,(H2,21,22,25)/t11-,12+/m1/s1. The van der Waals surface area contributed by atoms with E-state index in [1.54, 1.807) is 18.7 Å². The fourth-order valence-electron chi connectivity index (χ4n) is 2.80. The number of hydrogen-bond acceptors (Lipinski definition) is 2. The van der Waals surface area contributed by atoms with E-state index in [4.69, 9.17) is 0 Å². The molecule has 5 nitrogen and oxygen atoms in total. The number of nitrogens with zero attached hydrogens (tertiary/aromatic N) is 1. The highest BCUT2D eigenvalue weighted by atomic mass is 19.4. The molecule has 0 saturated carbocycles. The predicted octanol–water partition coefficient (Wildman–Crippen LogP) is 3.08. The molecule has 1 fully saturated rings. The number of alkyl halides is 3. The first-order valence-electron chi connectivity index (χ1n) is 8.19. The average molecular weight is 357 g/mol. The van der Waals surface area contributed by atoms with Crippen molar-refractivity contribution in [2.75, 3.05) is 13.1 Å². The van der Waals surface area contributed by atoms with Gasteiger partial charge in [0.25, 0.3) is 0 Å². The molecule has 1 aliphatic rings. The Morgan fingerprint density at radius 1 is 1.28 bits per heavy atom. The minimum absolute atomic E-state index is 0.0754. The molecule has 0 bridgehead atoms. The van der Waals surface area contributed by atoms with Crippen molar-refractivity contribution in [1.82, 2.24) is 15.5 Å². The quantitative estimate of drug-likeness (QED) is 0.851. The number of carbonyl (C=O) groups is 2. The predicted molar refractivity (Wildman–Crippen MR) is 86.8 cm³/mol. The van der Waals surface area contributed by atoms with Crippen LogP contribution in [0.1, 0.15) is 43.9 Å². The lowest BCUT2D eigenvalue weighted by atomic mass is 10.1. The third kappa shape index (κ3) is 5.37. The largest absolute Gasteiger partial charge is 0.416 e. The minimum Gasteiger partial charge on any atom is -0.341 e. The second-order valence-electron chi connectivity index (χ2n) is 6.31. The molecule has 1 heterocycles. The zero-order chi connectivity index (χ0) is 18.6. The maximum Gasteiger partial charge on any atom is 0.416 e. The van der Waals surface area contributed by atoms with Crippen LogP contribution in [-0.4, -0.2) is 36.0 Å². The summed E-state index contributed by atoms with van der Waals surface area (Å²) in [5.74, 6) is 0.0754. The summed E-state index contributed by atoms with van der Waals surface area (Å²) in [6.07, 6.45) is -3.06. The van der Waals surface area contributed by atoms with Crippen molar-refractivity contribution in [1.29, 1.82) is 0 Å². The van der Waals surface area contributed by atoms with Crippen molar-refractivity contribution in [2.45, 2.75) is 44.9 Å². The molecule has 2 rings (SSSR count). The Labute approximate surface area is 144 Å². The monoisotopic (exact) mass is 357 g/mol. The summed E-state index contributed by atoms with van der Waals surface area (Å²) >= 11 is 0. The normalized spacial score (nSPS) is 17.3. The van der Waals surface area contributed by atoms with Gasteiger partial charge < -0.3 is 15.5 Å². The highest BCUT2D eigenvalue weighted by Crippen LogP contribution is 2.30. The number of rotatable bonds is 5. The number of carbonyl (C=O) groups excluding carboxylic acids is 2. The van der Waals surface area contributed by atoms with Crippen molar-refractivity contribution < 1.29 is 22.8 Å². The number of likely N-dealkylation sites (tertiary alicyclic amines) is 1. The molecule has 2 atom stereocenters. The van der Waals surface area contributed by atoms with E-state index in [1.807, 2.05) is 0 Å². The summed E-state index contributed by atoms with van der Waals surface area (Å²) in [6, 6.07) is 3.55. The highest BCUT2D eigenvalue weighted by Gasteiger charge is 2.30. The molecule has 1 saturated heterocycles. The smallest absolute Gasteiger partial charge is 0.341 e. The van der Waals surface area contributed by atoms with Gasteiger partial charge in [-0.1, -0.05) is 12.1 Å². The third-order valence-corrected chi connectivity index (χ3v) is 4.10. The molecule has 0 aromatic heterocycles. The summed E-state index contributed by atoms with van der Waals surface area (Å²) in [6.45, 7) is 4.50. The van der Waals surface area contributed by atoms with Crippen LogP contribution in [-0.2, 0) is 11.0 Å². The fraction of sp³-hybridized carbons (Fsp3) is 0.529. The Bertz CT molecular complexity index is 634. The number of benzene rings is 1. The van der Waals surface area contributed by atoms with Gasteiger partial charge in [0.05, 0.1) is 11.6 Å². The Morgan fingerprint density at radius 2 is 2.00 bits per heavy atom. The molecule has 0 spiro atoms. The van der Waals surface area contributed by atoms with Gasteiger partial charge in [0, 0.05) is 25.6 Å². The SMILES string of the molecule is C[C@H](CN1CCCC1=O)NC(=O)N[C@@H](C)c1cccc(C(F)(F)F)c1. The van der Waals surface area contributed by atoms with E-state index >= 15 is 0 Å². The lowest BCUT2D eigenvalue weighted by Gasteiger charge is -2.23. The van der Waals surface area contributed by atoms with E-state index in [-0.39, 0.29) is 11.9 Å². The molecule has 1 aromatic carbocycles. The lowest BCUT2D eigenvalue weighted by Crippen LogP contribution is -2.46. The van der Waals surface area contributed by atoms with E-state index in [0.29, 0.717) is 25.1 Å². The summed E-state index contributed by atoms with van der Waals surface area (Å²) in [4.78, 5) is 25.3. The van der Waals surface area contributed by atoms with Crippen molar-refractivity contribution in [2.24, 2.45) is 0 Å². The molecule has 25 heavy (non-hydrogen) atoms. The molecule has 1 aliphatic heterocycles. The summed E-state index contributed by atoms with van der Waals surface area (Å²) in [5, 5.41) is 5.33. The minimum atomic E-state index is -4.42. The molecule has 3 amide bonds. The topological polar surface area (TPSA) is 61.4 Å². The Balaban J connectivity index is 1.88. The van der Waals surface area contributed by atoms with Crippen molar-refractivity contribution in [3.63, 3.8) is 0 Å². The van der Waals surface area contributed by atoms with Crippen LogP contribution < -0.4 is 10.6 Å². The zero-order valence-electron chi connectivity index (χ0n) is 14.2. The second-order valence-corrected chi connectivity index (χ2v) is 6.31. The molecule has 0 radical (unpaired) electrons. The van der Waals surface area contributed by atoms with Crippen LogP contribution in [0.15, 0.2) is 24.3 Å². The summed E-state index contributed by atoms with van der Waals surface area (Å²) in [5.41, 5.74) is -0.382. The number of nitrogens with one attached hydrogen (secondary N) is 2. The van der Waals surface area contributed by atoms with Crippen molar-refractivity contribution in [3.8, 4) is 0 Å². The average Bonchev–Trinajstić information content (AvgIpc) is 2.91. The third-order valence-electron chi connectivity index (χ3n) is 4.10. The van der Waals surface area contributed by atoms with Crippen LogP contribution in [0.25, 0.3) is 0 Å². The first-order chi connectivity index (χ1) is 11.7. The van der Waals surface area contributed by atoms with Crippen molar-refractivity contribution >= 4 is 11.9 Å². The summed E-state index contributed by atoms with van der Waals surface area (Å²) < 4.78 is 38.3. The Kier molecular flexibility index (Phi) is 5.92. The van der Waals surface area contributed by atoms with Gasteiger partial charge in [-0.25, -0.2) is 4.79 Å². The van der Waals surface area contributed by atoms with Crippen LogP contribution in [0.3, 0.4) is 0 Å². The van der Waals surface area contributed by atoms with Crippen LogP contribution in [0.4, 0.5) is 18.0 Å². The van der Waals surface area contributed by atoms with Gasteiger partial charge in [0.1, 0.15) is 0 Å². The molecular weight excluding hydrogens is 335 g/mol. The van der Waals surface area contributed by atoms with Gasteiger partial charge >= 0.3 is 12.2 Å². The fourth-order valence-corrected chi connectivity index (χ4v) is 2.80. The van der Waals surface area contributed by atoms with Gasteiger partial charge in [0.2, 0.25) is 5.91 Å². The van der Waals surface area contributed by atoms with Gasteiger partial charge in [-0.3, -0.25) is 4.79 Å². The van der Waals surface area contributed by atoms with E-state index in [2.05, 4.69) is 10.6 Å². The van der Waals surface area contributed by atoms with Gasteiger partial charge in [0.15, 0.2) is 0 Å². The van der Waals surface area contributed by atoms with Crippen LogP contribution in [0.5, 0.6) is 0 Å². The molecule has 0 unspecified atom stereocenters. The Morgan fingerprint density at radius 3 is 2.60 bits per heavy atom. The van der Waals surface area contributed by atoms with Gasteiger partial charge in [-0.2, -0.15) is 13.2 Å². The van der Waals surface area contributed by atoms with E-state index < -0.39 is 23.8 Å². The molecular formula is C17H22F3N3O2. The van der Waals surface area contributed by atoms with Gasteiger partial charge in [-0.15, -0.1) is 0 Å². The molecule has 0 aliphatic carbocycles. The van der Waals surface area contributed by atoms with E-state index in [0.717, 1.165) is 18.6 Å². The van der Waals surface area contributed by atoms with Crippen LogP contribution in [0.2, 0.25) is 0 Å². The van der Waals surface area contributed by atoms with Crippen LogP contribution in [0, 0.1) is 0 Å². The number of halogens is 3. The van der Waals surface area contributed by atoms with E-state index in [9.17, 15) is 22.8 Å². The highest BCUT2D eigenvalue weighted by molar-refractivity contribution is 5.78. The number of amides is 3. The second kappa shape index (κ2) is 7.76. The molecule has 1 aromatic rings.